The van der Waals surface area contributed by atoms with E-state index in [0.717, 1.165) is 5.69 Å². The zero-order valence-electron chi connectivity index (χ0n) is 10.6. The SMILES string of the molecule is Cc1cc(C(=O)N2CC(C)OC(CCl)C2)ccn1. The Morgan fingerprint density at radius 3 is 3.06 bits per heavy atom. The van der Waals surface area contributed by atoms with Gasteiger partial charge in [-0.05, 0) is 26.0 Å². The molecule has 2 atom stereocenters. The molecule has 1 aliphatic heterocycles. The van der Waals surface area contributed by atoms with Gasteiger partial charge in [0.2, 0.25) is 0 Å². The molecule has 1 saturated heterocycles. The summed E-state index contributed by atoms with van der Waals surface area (Å²) in [6.07, 6.45) is 1.60. The number of morpholine rings is 1. The van der Waals surface area contributed by atoms with Crippen molar-refractivity contribution < 1.29 is 9.53 Å². The fourth-order valence-electron chi connectivity index (χ4n) is 2.16. The molecule has 1 aromatic heterocycles. The normalized spacial score (nSPS) is 24.1. The number of rotatable bonds is 2. The van der Waals surface area contributed by atoms with Gasteiger partial charge >= 0.3 is 0 Å². The molecule has 4 nitrogen and oxygen atoms in total. The molecule has 0 bridgehead atoms. The molecule has 1 fully saturated rings. The lowest BCUT2D eigenvalue weighted by Crippen LogP contribution is -2.49. The Kier molecular flexibility index (Phi) is 4.19. The smallest absolute Gasteiger partial charge is 0.254 e. The van der Waals surface area contributed by atoms with Gasteiger partial charge in [-0.3, -0.25) is 9.78 Å². The Labute approximate surface area is 112 Å². The van der Waals surface area contributed by atoms with E-state index in [0.29, 0.717) is 24.5 Å². The van der Waals surface area contributed by atoms with Gasteiger partial charge in [0, 0.05) is 30.5 Å². The van der Waals surface area contributed by atoms with E-state index >= 15 is 0 Å². The highest BCUT2D eigenvalue weighted by molar-refractivity contribution is 6.18. The molecule has 98 valence electrons. The van der Waals surface area contributed by atoms with Gasteiger partial charge in [0.15, 0.2) is 0 Å². The first-order valence-electron chi connectivity index (χ1n) is 6.03. The van der Waals surface area contributed by atoms with Crippen LogP contribution in [0.5, 0.6) is 0 Å². The van der Waals surface area contributed by atoms with Crippen LogP contribution in [0.15, 0.2) is 18.3 Å². The van der Waals surface area contributed by atoms with Crippen LogP contribution in [0.3, 0.4) is 0 Å². The quantitative estimate of drug-likeness (QED) is 0.769. The number of amides is 1. The molecule has 18 heavy (non-hydrogen) atoms. The molecular weight excluding hydrogens is 252 g/mol. The van der Waals surface area contributed by atoms with Crippen molar-refractivity contribution in [2.75, 3.05) is 19.0 Å². The molecule has 5 heteroatoms. The third kappa shape index (κ3) is 3.00. The fraction of sp³-hybridized carbons (Fsp3) is 0.538. The van der Waals surface area contributed by atoms with Crippen molar-refractivity contribution in [3.05, 3.63) is 29.6 Å². The second-order valence-corrected chi connectivity index (χ2v) is 4.93. The molecule has 1 aromatic rings. The molecule has 0 saturated carbocycles. The van der Waals surface area contributed by atoms with E-state index in [-0.39, 0.29) is 18.1 Å². The predicted molar refractivity (Wildman–Crippen MR) is 69.9 cm³/mol. The fourth-order valence-corrected chi connectivity index (χ4v) is 2.33. The molecular formula is C13H17ClN2O2. The van der Waals surface area contributed by atoms with E-state index in [9.17, 15) is 4.79 Å². The Morgan fingerprint density at radius 1 is 1.61 bits per heavy atom. The molecule has 2 rings (SSSR count). The summed E-state index contributed by atoms with van der Waals surface area (Å²) < 4.78 is 5.64. The summed E-state index contributed by atoms with van der Waals surface area (Å²) in [7, 11) is 0. The molecule has 0 spiro atoms. The number of alkyl halides is 1. The third-order valence-electron chi connectivity index (χ3n) is 2.93. The number of aryl methyl sites for hydroxylation is 1. The van der Waals surface area contributed by atoms with Crippen LogP contribution in [-0.4, -0.2) is 47.0 Å². The number of nitrogens with zero attached hydrogens (tertiary/aromatic N) is 2. The van der Waals surface area contributed by atoms with Gasteiger partial charge in [0.25, 0.3) is 5.91 Å². The predicted octanol–water partition coefficient (Wildman–Crippen LogP) is 1.86. The van der Waals surface area contributed by atoms with Gasteiger partial charge in [-0.15, -0.1) is 11.6 Å². The minimum absolute atomic E-state index is 0.0192. The first-order valence-corrected chi connectivity index (χ1v) is 6.57. The largest absolute Gasteiger partial charge is 0.370 e. The molecule has 0 radical (unpaired) electrons. The highest BCUT2D eigenvalue weighted by atomic mass is 35.5. The van der Waals surface area contributed by atoms with E-state index in [4.69, 9.17) is 16.3 Å². The Hall–Kier alpha value is -1.13. The van der Waals surface area contributed by atoms with E-state index in [1.807, 2.05) is 13.8 Å². The minimum Gasteiger partial charge on any atom is -0.370 e. The van der Waals surface area contributed by atoms with Gasteiger partial charge in [0.05, 0.1) is 18.1 Å². The Bertz CT molecular complexity index is 439. The van der Waals surface area contributed by atoms with Crippen LogP contribution in [0.1, 0.15) is 23.0 Å². The number of aromatic nitrogens is 1. The maximum absolute atomic E-state index is 12.4. The average molecular weight is 269 g/mol. The summed E-state index contributed by atoms with van der Waals surface area (Å²) in [4.78, 5) is 18.3. The van der Waals surface area contributed by atoms with Gasteiger partial charge in [-0.1, -0.05) is 0 Å². The first kappa shape index (κ1) is 13.3. The summed E-state index contributed by atoms with van der Waals surface area (Å²) in [6, 6.07) is 3.54. The van der Waals surface area contributed by atoms with Crippen LogP contribution in [0.25, 0.3) is 0 Å². The second kappa shape index (κ2) is 5.67. The van der Waals surface area contributed by atoms with Crippen molar-refractivity contribution in [2.45, 2.75) is 26.1 Å². The van der Waals surface area contributed by atoms with Gasteiger partial charge < -0.3 is 9.64 Å². The van der Waals surface area contributed by atoms with E-state index in [1.54, 1.807) is 23.2 Å². The Morgan fingerprint density at radius 2 is 2.39 bits per heavy atom. The number of carbonyl (C=O) groups excluding carboxylic acids is 1. The van der Waals surface area contributed by atoms with Crippen LogP contribution in [0.4, 0.5) is 0 Å². The maximum Gasteiger partial charge on any atom is 0.254 e. The number of hydrogen-bond acceptors (Lipinski definition) is 3. The third-order valence-corrected chi connectivity index (χ3v) is 3.27. The lowest BCUT2D eigenvalue weighted by molar-refractivity contribution is -0.0570. The van der Waals surface area contributed by atoms with E-state index in [2.05, 4.69) is 4.98 Å². The standard InChI is InChI=1S/C13H17ClN2O2/c1-9-5-11(3-4-15-9)13(17)16-7-10(2)18-12(6-14)8-16/h3-5,10,12H,6-8H2,1-2H3. The topological polar surface area (TPSA) is 42.4 Å². The second-order valence-electron chi connectivity index (χ2n) is 4.62. The Balaban J connectivity index is 2.13. The summed E-state index contributed by atoms with van der Waals surface area (Å²) in [5.41, 5.74) is 1.51. The average Bonchev–Trinajstić information content (AvgIpc) is 2.37. The summed E-state index contributed by atoms with van der Waals surface area (Å²) in [6.45, 7) is 4.98. The molecule has 1 amide bonds. The summed E-state index contributed by atoms with van der Waals surface area (Å²) in [5.74, 6) is 0.425. The highest BCUT2D eigenvalue weighted by Crippen LogP contribution is 2.15. The van der Waals surface area contributed by atoms with Crippen LogP contribution < -0.4 is 0 Å². The zero-order chi connectivity index (χ0) is 13.1. The van der Waals surface area contributed by atoms with Gasteiger partial charge in [-0.2, -0.15) is 0 Å². The van der Waals surface area contributed by atoms with Crippen LogP contribution >= 0.6 is 11.6 Å². The van der Waals surface area contributed by atoms with Crippen molar-refractivity contribution in [1.82, 2.24) is 9.88 Å². The van der Waals surface area contributed by atoms with E-state index < -0.39 is 0 Å². The van der Waals surface area contributed by atoms with Gasteiger partial charge in [0.1, 0.15) is 0 Å². The number of halogens is 1. The van der Waals surface area contributed by atoms with Crippen LogP contribution in [0.2, 0.25) is 0 Å². The maximum atomic E-state index is 12.4. The van der Waals surface area contributed by atoms with Crippen LogP contribution in [0, 0.1) is 6.92 Å². The molecule has 1 aliphatic rings. The number of hydrogen-bond donors (Lipinski definition) is 0. The van der Waals surface area contributed by atoms with Gasteiger partial charge in [-0.25, -0.2) is 0 Å². The van der Waals surface area contributed by atoms with Crippen molar-refractivity contribution in [3.8, 4) is 0 Å². The van der Waals surface area contributed by atoms with Crippen molar-refractivity contribution in [2.24, 2.45) is 0 Å². The highest BCUT2D eigenvalue weighted by Gasteiger charge is 2.28. The van der Waals surface area contributed by atoms with Crippen molar-refractivity contribution in [1.29, 1.82) is 0 Å². The molecule has 0 aromatic carbocycles. The lowest BCUT2D eigenvalue weighted by Gasteiger charge is -2.36. The van der Waals surface area contributed by atoms with Crippen molar-refractivity contribution in [3.63, 3.8) is 0 Å². The van der Waals surface area contributed by atoms with E-state index in [1.165, 1.54) is 0 Å². The molecule has 2 heterocycles. The number of pyridine rings is 1. The molecule has 0 aliphatic carbocycles. The first-order chi connectivity index (χ1) is 8.60. The summed E-state index contributed by atoms with van der Waals surface area (Å²) >= 11 is 5.81. The van der Waals surface area contributed by atoms with Crippen molar-refractivity contribution >= 4 is 17.5 Å². The molecule has 2 unspecified atom stereocenters. The monoisotopic (exact) mass is 268 g/mol. The minimum atomic E-state index is -0.0812. The zero-order valence-corrected chi connectivity index (χ0v) is 11.4. The number of ether oxygens (including phenoxy) is 1. The molecule has 0 N–H and O–H groups in total. The van der Waals surface area contributed by atoms with Crippen LogP contribution in [-0.2, 0) is 4.74 Å². The lowest BCUT2D eigenvalue weighted by atomic mass is 10.1. The number of carbonyl (C=O) groups is 1. The summed E-state index contributed by atoms with van der Waals surface area (Å²) in [5, 5.41) is 0.